The van der Waals surface area contributed by atoms with Crippen molar-refractivity contribution < 1.29 is 9.90 Å². The molecule has 4 nitrogen and oxygen atoms in total. The Morgan fingerprint density at radius 3 is 2.94 bits per heavy atom. The molecule has 0 unspecified atom stereocenters. The van der Waals surface area contributed by atoms with Crippen LogP contribution in [-0.4, -0.2) is 29.6 Å². The van der Waals surface area contributed by atoms with Gasteiger partial charge in [0.2, 0.25) is 0 Å². The van der Waals surface area contributed by atoms with Crippen molar-refractivity contribution in [3.8, 4) is 5.75 Å². The van der Waals surface area contributed by atoms with Crippen LogP contribution in [0.15, 0.2) is 11.4 Å². The Morgan fingerprint density at radius 1 is 1.59 bits per heavy atom. The number of hydrogen-bond donors (Lipinski definition) is 3. The molecule has 5 heteroatoms. The number of carbonyl (C=O) groups excluding carboxylic acids is 1. The van der Waals surface area contributed by atoms with Crippen LogP contribution in [0.2, 0.25) is 0 Å². The molecule has 1 amide bonds. The highest BCUT2D eigenvalue weighted by atomic mass is 32.1. The van der Waals surface area contributed by atoms with E-state index in [4.69, 9.17) is 0 Å². The maximum atomic E-state index is 12.0. The van der Waals surface area contributed by atoms with Crippen LogP contribution in [0.25, 0.3) is 0 Å². The quantitative estimate of drug-likeness (QED) is 0.751. The third-order valence-corrected chi connectivity index (χ3v) is 4.24. The fourth-order valence-corrected chi connectivity index (χ4v) is 2.94. The van der Waals surface area contributed by atoms with E-state index in [1.165, 1.54) is 17.4 Å². The number of thiophene rings is 1. The summed E-state index contributed by atoms with van der Waals surface area (Å²) in [6.07, 6.45) is 1.07. The second kappa shape index (κ2) is 5.06. The SMILES string of the molecule is C[C@@H]1CCN[C@H](C)[C@H]1NC(=O)c1cc(O)cs1. The van der Waals surface area contributed by atoms with Crippen molar-refractivity contribution >= 4 is 17.2 Å². The van der Waals surface area contributed by atoms with Crippen LogP contribution in [0, 0.1) is 5.92 Å². The Labute approximate surface area is 105 Å². The number of aromatic hydroxyl groups is 1. The Balaban J connectivity index is 2.02. The molecule has 2 rings (SSSR count). The summed E-state index contributed by atoms with van der Waals surface area (Å²) in [5, 5.41) is 17.2. The number of hydrogen-bond acceptors (Lipinski definition) is 4. The monoisotopic (exact) mass is 254 g/mol. The minimum absolute atomic E-state index is 0.0947. The van der Waals surface area contributed by atoms with Crippen LogP contribution in [0.5, 0.6) is 5.75 Å². The largest absolute Gasteiger partial charge is 0.507 e. The zero-order chi connectivity index (χ0) is 12.4. The van der Waals surface area contributed by atoms with Crippen LogP contribution < -0.4 is 10.6 Å². The van der Waals surface area contributed by atoms with E-state index in [0.29, 0.717) is 10.8 Å². The summed E-state index contributed by atoms with van der Waals surface area (Å²) < 4.78 is 0. The van der Waals surface area contributed by atoms with E-state index in [0.717, 1.165) is 13.0 Å². The lowest BCUT2D eigenvalue weighted by atomic mass is 9.89. The van der Waals surface area contributed by atoms with Gasteiger partial charge >= 0.3 is 0 Å². The summed E-state index contributed by atoms with van der Waals surface area (Å²) in [5.41, 5.74) is 0. The van der Waals surface area contributed by atoms with Gasteiger partial charge in [-0.3, -0.25) is 4.79 Å². The van der Waals surface area contributed by atoms with E-state index in [2.05, 4.69) is 24.5 Å². The summed E-state index contributed by atoms with van der Waals surface area (Å²) in [5.74, 6) is 0.537. The van der Waals surface area contributed by atoms with Gasteiger partial charge in [0.1, 0.15) is 5.75 Å². The lowest BCUT2D eigenvalue weighted by Gasteiger charge is -2.35. The predicted molar refractivity (Wildman–Crippen MR) is 68.5 cm³/mol. The van der Waals surface area contributed by atoms with Crippen molar-refractivity contribution in [3.63, 3.8) is 0 Å². The summed E-state index contributed by atoms with van der Waals surface area (Å²) >= 11 is 1.27. The van der Waals surface area contributed by atoms with E-state index >= 15 is 0 Å². The third-order valence-electron chi connectivity index (χ3n) is 3.32. The fourth-order valence-electron chi connectivity index (χ4n) is 2.27. The Kier molecular flexibility index (Phi) is 3.69. The smallest absolute Gasteiger partial charge is 0.261 e. The average molecular weight is 254 g/mol. The number of nitrogens with one attached hydrogen (secondary N) is 2. The van der Waals surface area contributed by atoms with Crippen molar-refractivity contribution in [2.24, 2.45) is 5.92 Å². The molecule has 0 spiro atoms. The van der Waals surface area contributed by atoms with Crippen molar-refractivity contribution in [2.75, 3.05) is 6.54 Å². The van der Waals surface area contributed by atoms with Gasteiger partial charge in [0.05, 0.1) is 4.88 Å². The Morgan fingerprint density at radius 2 is 2.35 bits per heavy atom. The maximum absolute atomic E-state index is 12.0. The van der Waals surface area contributed by atoms with Gasteiger partial charge in [-0.1, -0.05) is 6.92 Å². The van der Waals surface area contributed by atoms with Crippen molar-refractivity contribution in [1.82, 2.24) is 10.6 Å². The first kappa shape index (κ1) is 12.4. The average Bonchev–Trinajstić information content (AvgIpc) is 2.70. The van der Waals surface area contributed by atoms with Crippen LogP contribution in [-0.2, 0) is 0 Å². The number of carbonyl (C=O) groups is 1. The predicted octanol–water partition coefficient (Wildman–Crippen LogP) is 1.57. The molecule has 3 atom stereocenters. The topological polar surface area (TPSA) is 61.4 Å². The maximum Gasteiger partial charge on any atom is 0.261 e. The fraction of sp³-hybridized carbons (Fsp3) is 0.583. The van der Waals surface area contributed by atoms with Gasteiger partial charge in [0.25, 0.3) is 5.91 Å². The molecule has 0 bridgehead atoms. The highest BCUT2D eigenvalue weighted by Gasteiger charge is 2.29. The molecule has 94 valence electrons. The third kappa shape index (κ3) is 2.79. The second-order valence-electron chi connectivity index (χ2n) is 4.68. The number of rotatable bonds is 2. The molecule has 1 aromatic heterocycles. The lowest BCUT2D eigenvalue weighted by Crippen LogP contribution is -2.55. The summed E-state index contributed by atoms with van der Waals surface area (Å²) in [4.78, 5) is 12.5. The normalized spacial score (nSPS) is 28.9. The molecule has 0 aromatic carbocycles. The summed E-state index contributed by atoms with van der Waals surface area (Å²) in [6.45, 7) is 5.26. The van der Waals surface area contributed by atoms with Crippen molar-refractivity contribution in [1.29, 1.82) is 0 Å². The molecule has 1 saturated heterocycles. The van der Waals surface area contributed by atoms with Gasteiger partial charge in [0.15, 0.2) is 0 Å². The molecule has 0 aliphatic carbocycles. The van der Waals surface area contributed by atoms with Crippen molar-refractivity contribution in [2.45, 2.75) is 32.4 Å². The molecule has 1 fully saturated rings. The second-order valence-corrected chi connectivity index (χ2v) is 5.59. The molecule has 1 aliphatic rings. The Hall–Kier alpha value is -1.07. The van der Waals surface area contributed by atoms with Gasteiger partial charge in [-0.25, -0.2) is 0 Å². The van der Waals surface area contributed by atoms with E-state index < -0.39 is 0 Å². The molecular weight excluding hydrogens is 236 g/mol. The first-order valence-corrected chi connectivity index (χ1v) is 6.77. The minimum Gasteiger partial charge on any atom is -0.507 e. The van der Waals surface area contributed by atoms with Crippen LogP contribution in [0.3, 0.4) is 0 Å². The molecule has 0 saturated carbocycles. The van der Waals surface area contributed by atoms with Gasteiger partial charge < -0.3 is 15.7 Å². The molecule has 1 aromatic rings. The first-order chi connectivity index (χ1) is 8.08. The number of piperidine rings is 1. The highest BCUT2D eigenvalue weighted by Crippen LogP contribution is 2.21. The molecule has 2 heterocycles. The zero-order valence-corrected chi connectivity index (χ0v) is 10.9. The minimum atomic E-state index is -0.0947. The van der Waals surface area contributed by atoms with Gasteiger partial charge in [-0.05, 0) is 25.8 Å². The standard InChI is InChI=1S/C12H18N2O2S/c1-7-3-4-13-8(2)11(7)14-12(16)10-5-9(15)6-17-10/h5-8,11,13,15H,3-4H2,1-2H3,(H,14,16)/t7-,8-,11+/m1/s1. The summed E-state index contributed by atoms with van der Waals surface area (Å²) in [6, 6.07) is 1.95. The van der Waals surface area contributed by atoms with Gasteiger partial charge in [-0.2, -0.15) is 0 Å². The highest BCUT2D eigenvalue weighted by molar-refractivity contribution is 7.12. The van der Waals surface area contributed by atoms with E-state index in [1.54, 1.807) is 5.38 Å². The molecular formula is C12H18N2O2S. The molecule has 1 aliphatic heterocycles. The van der Waals surface area contributed by atoms with Gasteiger partial charge in [0, 0.05) is 23.5 Å². The molecule has 17 heavy (non-hydrogen) atoms. The van der Waals surface area contributed by atoms with Gasteiger partial charge in [-0.15, -0.1) is 11.3 Å². The number of amides is 1. The van der Waals surface area contributed by atoms with Crippen LogP contribution >= 0.6 is 11.3 Å². The van der Waals surface area contributed by atoms with E-state index in [1.807, 2.05) is 0 Å². The molecule has 0 radical (unpaired) electrons. The lowest BCUT2D eigenvalue weighted by molar-refractivity contribution is 0.0901. The van der Waals surface area contributed by atoms with Crippen LogP contribution in [0.1, 0.15) is 29.9 Å². The van der Waals surface area contributed by atoms with Crippen molar-refractivity contribution in [3.05, 3.63) is 16.3 Å². The first-order valence-electron chi connectivity index (χ1n) is 5.89. The Bertz CT molecular complexity index is 395. The van der Waals surface area contributed by atoms with Crippen LogP contribution in [0.4, 0.5) is 0 Å². The van der Waals surface area contributed by atoms with E-state index in [9.17, 15) is 9.90 Å². The van der Waals surface area contributed by atoms with E-state index in [-0.39, 0.29) is 23.7 Å². The molecule has 3 N–H and O–H groups in total. The zero-order valence-electron chi connectivity index (χ0n) is 10.1. The summed E-state index contributed by atoms with van der Waals surface area (Å²) in [7, 11) is 0.